The van der Waals surface area contributed by atoms with E-state index in [-0.39, 0.29) is 5.97 Å². The van der Waals surface area contributed by atoms with E-state index >= 15 is 0 Å². The number of rotatable bonds is 7. The molecule has 17 heavy (non-hydrogen) atoms. The third kappa shape index (κ3) is 6.77. The second kappa shape index (κ2) is 7.88. The van der Waals surface area contributed by atoms with E-state index in [9.17, 15) is 4.79 Å². The Bertz CT molecular complexity index is 317. The molecule has 2 nitrogen and oxygen atoms in total. The van der Waals surface area contributed by atoms with Gasteiger partial charge in [0.15, 0.2) is 0 Å². The van der Waals surface area contributed by atoms with Gasteiger partial charge in [-0.2, -0.15) is 0 Å². The van der Waals surface area contributed by atoms with Gasteiger partial charge in [-0.15, -0.1) is 0 Å². The second-order valence-electron chi connectivity index (χ2n) is 4.74. The Kier molecular flexibility index (Phi) is 6.38. The van der Waals surface area contributed by atoms with Gasteiger partial charge in [0.1, 0.15) is 0 Å². The zero-order chi connectivity index (χ0) is 12.5. The van der Waals surface area contributed by atoms with E-state index in [1.165, 1.54) is 5.56 Å². The monoisotopic (exact) mass is 234 g/mol. The maximum Gasteiger partial charge on any atom is 0.305 e. The zero-order valence-corrected chi connectivity index (χ0v) is 10.8. The minimum Gasteiger partial charge on any atom is -0.465 e. The van der Waals surface area contributed by atoms with E-state index in [2.05, 4.69) is 13.8 Å². The molecule has 0 aromatic heterocycles. The summed E-state index contributed by atoms with van der Waals surface area (Å²) in [6.07, 6.45) is 3.37. The van der Waals surface area contributed by atoms with Crippen LogP contribution in [-0.2, 0) is 16.0 Å². The van der Waals surface area contributed by atoms with Gasteiger partial charge in [-0.25, -0.2) is 0 Å². The SMILES string of the molecule is CC(C)CCCC(=O)OCCc1ccccc1. The first kappa shape index (κ1) is 13.8. The summed E-state index contributed by atoms with van der Waals surface area (Å²) in [6, 6.07) is 10.1. The predicted molar refractivity (Wildman–Crippen MR) is 69.8 cm³/mol. The van der Waals surface area contributed by atoms with Crippen molar-refractivity contribution in [3.63, 3.8) is 0 Å². The van der Waals surface area contributed by atoms with E-state index in [1.807, 2.05) is 30.3 Å². The molecule has 0 spiro atoms. The number of esters is 1. The Morgan fingerprint density at radius 1 is 1.24 bits per heavy atom. The molecular weight excluding hydrogens is 212 g/mol. The Hall–Kier alpha value is -1.31. The number of ether oxygens (including phenoxy) is 1. The summed E-state index contributed by atoms with van der Waals surface area (Å²) in [6.45, 7) is 4.83. The molecule has 0 aliphatic heterocycles. The topological polar surface area (TPSA) is 26.3 Å². The molecule has 0 radical (unpaired) electrons. The fraction of sp³-hybridized carbons (Fsp3) is 0.533. The lowest BCUT2D eigenvalue weighted by molar-refractivity contribution is -0.143. The maximum absolute atomic E-state index is 11.4. The van der Waals surface area contributed by atoms with Crippen LogP contribution in [0.2, 0.25) is 0 Å². The van der Waals surface area contributed by atoms with Crippen molar-refractivity contribution < 1.29 is 9.53 Å². The molecule has 0 saturated heterocycles. The van der Waals surface area contributed by atoms with Gasteiger partial charge in [-0.3, -0.25) is 4.79 Å². The van der Waals surface area contributed by atoms with Crippen LogP contribution in [0.15, 0.2) is 30.3 Å². The number of carbonyl (C=O) groups excluding carboxylic acids is 1. The highest BCUT2D eigenvalue weighted by Crippen LogP contribution is 2.07. The van der Waals surface area contributed by atoms with Crippen LogP contribution in [-0.4, -0.2) is 12.6 Å². The Morgan fingerprint density at radius 3 is 2.59 bits per heavy atom. The van der Waals surface area contributed by atoms with E-state index in [1.54, 1.807) is 0 Å². The molecule has 0 aliphatic rings. The molecule has 1 aromatic rings. The Morgan fingerprint density at radius 2 is 1.94 bits per heavy atom. The number of benzene rings is 1. The van der Waals surface area contributed by atoms with Gasteiger partial charge in [0.2, 0.25) is 0 Å². The van der Waals surface area contributed by atoms with Crippen LogP contribution in [0.4, 0.5) is 0 Å². The van der Waals surface area contributed by atoms with Crippen LogP contribution in [0.25, 0.3) is 0 Å². The van der Waals surface area contributed by atoms with Crippen LogP contribution in [0.3, 0.4) is 0 Å². The van der Waals surface area contributed by atoms with Crippen molar-refractivity contribution >= 4 is 5.97 Å². The predicted octanol–water partition coefficient (Wildman–Crippen LogP) is 3.60. The third-order valence-electron chi connectivity index (χ3n) is 2.66. The van der Waals surface area contributed by atoms with Crippen molar-refractivity contribution in [2.75, 3.05) is 6.61 Å². The van der Waals surface area contributed by atoms with Crippen LogP contribution in [0, 0.1) is 5.92 Å². The molecule has 0 amide bonds. The maximum atomic E-state index is 11.4. The summed E-state index contributed by atoms with van der Waals surface area (Å²) in [7, 11) is 0. The highest BCUT2D eigenvalue weighted by atomic mass is 16.5. The lowest BCUT2D eigenvalue weighted by Gasteiger charge is -2.06. The number of hydrogen-bond donors (Lipinski definition) is 0. The summed E-state index contributed by atoms with van der Waals surface area (Å²) in [4.78, 5) is 11.4. The number of carbonyl (C=O) groups is 1. The Labute approximate surface area is 104 Å². The van der Waals surface area contributed by atoms with Crippen molar-refractivity contribution in [3.8, 4) is 0 Å². The van der Waals surface area contributed by atoms with E-state index in [0.717, 1.165) is 19.3 Å². The van der Waals surface area contributed by atoms with Crippen molar-refractivity contribution in [3.05, 3.63) is 35.9 Å². The van der Waals surface area contributed by atoms with Gasteiger partial charge in [-0.1, -0.05) is 50.6 Å². The van der Waals surface area contributed by atoms with Gasteiger partial charge in [0.05, 0.1) is 6.61 Å². The first-order valence-electron chi connectivity index (χ1n) is 6.38. The highest BCUT2D eigenvalue weighted by molar-refractivity contribution is 5.69. The fourth-order valence-corrected chi connectivity index (χ4v) is 1.65. The van der Waals surface area contributed by atoms with Crippen molar-refractivity contribution in [2.24, 2.45) is 5.92 Å². The van der Waals surface area contributed by atoms with Crippen molar-refractivity contribution in [1.82, 2.24) is 0 Å². The molecular formula is C15H22O2. The van der Waals surface area contributed by atoms with E-state index in [0.29, 0.717) is 18.9 Å². The molecule has 2 heteroatoms. The quantitative estimate of drug-likeness (QED) is 0.674. The van der Waals surface area contributed by atoms with Crippen molar-refractivity contribution in [1.29, 1.82) is 0 Å². The van der Waals surface area contributed by atoms with E-state index < -0.39 is 0 Å². The molecule has 0 unspecified atom stereocenters. The lowest BCUT2D eigenvalue weighted by atomic mass is 10.1. The molecule has 0 saturated carbocycles. The van der Waals surface area contributed by atoms with Gasteiger partial charge >= 0.3 is 5.97 Å². The molecule has 0 atom stereocenters. The van der Waals surface area contributed by atoms with Crippen molar-refractivity contribution in [2.45, 2.75) is 39.5 Å². The van der Waals surface area contributed by atoms with Gasteiger partial charge < -0.3 is 4.74 Å². The molecule has 1 rings (SSSR count). The zero-order valence-electron chi connectivity index (χ0n) is 10.8. The van der Waals surface area contributed by atoms with Gasteiger partial charge in [0, 0.05) is 12.8 Å². The standard InChI is InChI=1S/C15H22O2/c1-13(2)7-6-10-15(16)17-12-11-14-8-4-3-5-9-14/h3-5,8-9,13H,6-7,10-12H2,1-2H3. The molecule has 0 aliphatic carbocycles. The van der Waals surface area contributed by atoms with Crippen LogP contribution in [0.1, 0.15) is 38.7 Å². The Balaban J connectivity index is 2.08. The average Bonchev–Trinajstić information content (AvgIpc) is 2.30. The van der Waals surface area contributed by atoms with Crippen LogP contribution in [0.5, 0.6) is 0 Å². The average molecular weight is 234 g/mol. The number of hydrogen-bond acceptors (Lipinski definition) is 2. The smallest absolute Gasteiger partial charge is 0.305 e. The van der Waals surface area contributed by atoms with Gasteiger partial charge in [-0.05, 0) is 17.9 Å². The minimum absolute atomic E-state index is 0.0680. The lowest BCUT2D eigenvalue weighted by Crippen LogP contribution is -2.07. The van der Waals surface area contributed by atoms with Crippen LogP contribution >= 0.6 is 0 Å². The summed E-state index contributed by atoms with van der Waals surface area (Å²) < 4.78 is 5.19. The summed E-state index contributed by atoms with van der Waals surface area (Å²) in [5.41, 5.74) is 1.21. The first-order chi connectivity index (χ1) is 8.18. The molecule has 0 heterocycles. The molecule has 0 N–H and O–H groups in total. The largest absolute Gasteiger partial charge is 0.465 e. The fourth-order valence-electron chi connectivity index (χ4n) is 1.65. The normalized spacial score (nSPS) is 10.5. The summed E-state index contributed by atoms with van der Waals surface area (Å²) in [5.74, 6) is 0.591. The first-order valence-corrected chi connectivity index (χ1v) is 6.38. The minimum atomic E-state index is -0.0680. The molecule has 94 valence electrons. The van der Waals surface area contributed by atoms with E-state index in [4.69, 9.17) is 4.74 Å². The molecule has 0 bridgehead atoms. The molecule has 0 fully saturated rings. The summed E-state index contributed by atoms with van der Waals surface area (Å²) in [5, 5.41) is 0. The highest BCUT2D eigenvalue weighted by Gasteiger charge is 2.03. The third-order valence-corrected chi connectivity index (χ3v) is 2.66. The summed E-state index contributed by atoms with van der Waals surface area (Å²) >= 11 is 0. The van der Waals surface area contributed by atoms with Crippen LogP contribution < -0.4 is 0 Å². The van der Waals surface area contributed by atoms with Gasteiger partial charge in [0.25, 0.3) is 0 Å². The second-order valence-corrected chi connectivity index (χ2v) is 4.74. The molecule has 1 aromatic carbocycles.